The van der Waals surface area contributed by atoms with Crippen molar-refractivity contribution in [3.63, 3.8) is 0 Å². The summed E-state index contributed by atoms with van der Waals surface area (Å²) in [5.41, 5.74) is 6.58. The Morgan fingerprint density at radius 3 is 2.38 bits per heavy atom. The number of nitrogens with zero attached hydrogens (tertiary/aromatic N) is 1. The highest BCUT2D eigenvalue weighted by Crippen LogP contribution is 2.19. The van der Waals surface area contributed by atoms with Crippen molar-refractivity contribution in [3.8, 4) is 0 Å². The molecule has 1 amide bonds. The van der Waals surface area contributed by atoms with Crippen LogP contribution in [0.2, 0.25) is 0 Å². The van der Waals surface area contributed by atoms with Crippen molar-refractivity contribution in [1.82, 2.24) is 5.32 Å². The number of hydrogen-bond donors (Lipinski definition) is 3. The minimum absolute atomic E-state index is 0.0363. The van der Waals surface area contributed by atoms with Gasteiger partial charge in [-0.2, -0.15) is 0 Å². The summed E-state index contributed by atoms with van der Waals surface area (Å²) >= 11 is 0. The van der Waals surface area contributed by atoms with E-state index in [1.54, 1.807) is 24.3 Å². The van der Waals surface area contributed by atoms with Crippen molar-refractivity contribution in [3.05, 3.63) is 35.4 Å². The third-order valence-electron chi connectivity index (χ3n) is 2.46. The predicted octanol–water partition coefficient (Wildman–Crippen LogP) is 0.673. The number of amides is 1. The van der Waals surface area contributed by atoms with E-state index in [9.17, 15) is 4.79 Å². The topological polar surface area (TPSA) is 87.7 Å². The van der Waals surface area contributed by atoms with Crippen LogP contribution in [-0.4, -0.2) is 23.0 Å². The van der Waals surface area contributed by atoms with E-state index in [4.69, 9.17) is 10.9 Å². The highest BCUT2D eigenvalue weighted by atomic mass is 16.4. The van der Waals surface area contributed by atoms with Gasteiger partial charge < -0.3 is 16.3 Å². The van der Waals surface area contributed by atoms with E-state index in [-0.39, 0.29) is 11.7 Å². The molecular formula is C11H13N3O2. The molecule has 0 spiro atoms. The predicted molar refractivity (Wildman–Crippen MR) is 59.4 cm³/mol. The van der Waals surface area contributed by atoms with Gasteiger partial charge in [0.05, 0.1) is 0 Å². The zero-order chi connectivity index (χ0) is 11.5. The Kier molecular flexibility index (Phi) is 2.76. The summed E-state index contributed by atoms with van der Waals surface area (Å²) in [4.78, 5) is 11.6. The van der Waals surface area contributed by atoms with Gasteiger partial charge in [0.25, 0.3) is 5.91 Å². The van der Waals surface area contributed by atoms with Gasteiger partial charge in [0, 0.05) is 17.2 Å². The largest absolute Gasteiger partial charge is 0.409 e. The quantitative estimate of drug-likeness (QED) is 0.302. The SMILES string of the molecule is N/C(=N\O)c1ccc(C(=O)NC2CC2)cc1. The Labute approximate surface area is 92.9 Å². The maximum Gasteiger partial charge on any atom is 0.251 e. The molecule has 84 valence electrons. The van der Waals surface area contributed by atoms with Crippen molar-refractivity contribution in [1.29, 1.82) is 0 Å². The number of amidine groups is 1. The first kappa shape index (κ1) is 10.5. The first-order valence-electron chi connectivity index (χ1n) is 5.09. The smallest absolute Gasteiger partial charge is 0.251 e. The lowest BCUT2D eigenvalue weighted by atomic mass is 10.1. The second-order valence-electron chi connectivity index (χ2n) is 3.81. The highest BCUT2D eigenvalue weighted by molar-refractivity contribution is 5.99. The number of carbonyl (C=O) groups excluding carboxylic acids is 1. The summed E-state index contributed by atoms with van der Waals surface area (Å²) in [6.07, 6.45) is 2.13. The number of carbonyl (C=O) groups is 1. The van der Waals surface area contributed by atoms with Crippen molar-refractivity contribution in [2.75, 3.05) is 0 Å². The molecule has 16 heavy (non-hydrogen) atoms. The first-order chi connectivity index (χ1) is 7.70. The molecule has 1 aromatic rings. The first-order valence-corrected chi connectivity index (χ1v) is 5.09. The third-order valence-corrected chi connectivity index (χ3v) is 2.46. The second-order valence-corrected chi connectivity index (χ2v) is 3.81. The van der Waals surface area contributed by atoms with Gasteiger partial charge in [0.15, 0.2) is 5.84 Å². The molecule has 0 saturated heterocycles. The van der Waals surface area contributed by atoms with E-state index in [1.807, 2.05) is 0 Å². The van der Waals surface area contributed by atoms with Gasteiger partial charge in [-0.15, -0.1) is 0 Å². The van der Waals surface area contributed by atoms with E-state index in [2.05, 4.69) is 10.5 Å². The van der Waals surface area contributed by atoms with E-state index in [1.165, 1.54) is 0 Å². The van der Waals surface area contributed by atoms with Crippen molar-refractivity contribution < 1.29 is 10.0 Å². The molecule has 0 aromatic heterocycles. The lowest BCUT2D eigenvalue weighted by Gasteiger charge is -2.04. The minimum Gasteiger partial charge on any atom is -0.409 e. The second kappa shape index (κ2) is 4.22. The zero-order valence-corrected chi connectivity index (χ0v) is 8.68. The average molecular weight is 219 g/mol. The number of nitrogens with one attached hydrogen (secondary N) is 1. The summed E-state index contributed by atoms with van der Waals surface area (Å²) in [6.45, 7) is 0. The molecule has 4 N–H and O–H groups in total. The fourth-order valence-corrected chi connectivity index (χ4v) is 1.35. The van der Waals surface area contributed by atoms with Crippen molar-refractivity contribution >= 4 is 11.7 Å². The molecule has 1 saturated carbocycles. The van der Waals surface area contributed by atoms with Crippen LogP contribution < -0.4 is 11.1 Å². The molecule has 2 rings (SSSR count). The summed E-state index contributed by atoms with van der Waals surface area (Å²) < 4.78 is 0. The van der Waals surface area contributed by atoms with Crippen LogP contribution >= 0.6 is 0 Å². The van der Waals surface area contributed by atoms with E-state index in [0.29, 0.717) is 17.2 Å². The maximum atomic E-state index is 11.6. The average Bonchev–Trinajstić information content (AvgIpc) is 3.12. The molecule has 0 heterocycles. The zero-order valence-electron chi connectivity index (χ0n) is 8.68. The summed E-state index contributed by atoms with van der Waals surface area (Å²) in [5.74, 6) is -0.0392. The minimum atomic E-state index is -0.0754. The molecule has 0 atom stereocenters. The molecule has 1 aromatic carbocycles. The van der Waals surface area contributed by atoms with Gasteiger partial charge in [0.2, 0.25) is 0 Å². The molecule has 1 fully saturated rings. The van der Waals surface area contributed by atoms with E-state index < -0.39 is 0 Å². The van der Waals surface area contributed by atoms with Crippen LogP contribution in [0.3, 0.4) is 0 Å². The third kappa shape index (κ3) is 2.31. The molecule has 5 nitrogen and oxygen atoms in total. The van der Waals surface area contributed by atoms with E-state index >= 15 is 0 Å². The van der Waals surface area contributed by atoms with Crippen LogP contribution in [0.25, 0.3) is 0 Å². The van der Waals surface area contributed by atoms with Crippen LogP contribution in [0.5, 0.6) is 0 Å². The Bertz CT molecular complexity index is 421. The van der Waals surface area contributed by atoms with Crippen LogP contribution in [0, 0.1) is 0 Å². The Morgan fingerprint density at radius 2 is 1.88 bits per heavy atom. The van der Waals surface area contributed by atoms with Crippen LogP contribution in [0.15, 0.2) is 29.4 Å². The molecule has 1 aliphatic carbocycles. The van der Waals surface area contributed by atoms with Gasteiger partial charge in [-0.25, -0.2) is 0 Å². The number of oxime groups is 1. The molecule has 0 unspecified atom stereocenters. The van der Waals surface area contributed by atoms with Crippen molar-refractivity contribution in [2.24, 2.45) is 10.9 Å². The molecule has 5 heteroatoms. The van der Waals surface area contributed by atoms with Gasteiger partial charge in [-0.1, -0.05) is 17.3 Å². The standard InChI is InChI=1S/C11H13N3O2/c12-10(14-16)7-1-3-8(4-2-7)11(15)13-9-5-6-9/h1-4,9,16H,5-6H2,(H2,12,14)(H,13,15). The number of benzene rings is 1. The Balaban J connectivity index is 2.08. The van der Waals surface area contributed by atoms with Crippen LogP contribution in [0.1, 0.15) is 28.8 Å². The van der Waals surface area contributed by atoms with Gasteiger partial charge >= 0.3 is 0 Å². The lowest BCUT2D eigenvalue weighted by Crippen LogP contribution is -2.25. The summed E-state index contributed by atoms with van der Waals surface area (Å²) in [5, 5.41) is 14.2. The molecule has 0 aliphatic heterocycles. The van der Waals surface area contributed by atoms with Crippen LogP contribution in [0.4, 0.5) is 0 Å². The fraction of sp³-hybridized carbons (Fsp3) is 0.273. The number of nitrogens with two attached hydrogens (primary N) is 1. The normalized spacial score (nSPS) is 15.9. The van der Waals surface area contributed by atoms with Crippen molar-refractivity contribution in [2.45, 2.75) is 18.9 Å². The number of hydrogen-bond acceptors (Lipinski definition) is 3. The van der Waals surface area contributed by atoms with Crippen LogP contribution in [-0.2, 0) is 0 Å². The lowest BCUT2D eigenvalue weighted by molar-refractivity contribution is 0.0951. The van der Waals surface area contributed by atoms with Gasteiger partial charge in [0.1, 0.15) is 0 Å². The Hall–Kier alpha value is -2.04. The molecule has 0 radical (unpaired) electrons. The molecule has 1 aliphatic rings. The maximum absolute atomic E-state index is 11.6. The Morgan fingerprint density at radius 1 is 1.31 bits per heavy atom. The highest BCUT2D eigenvalue weighted by Gasteiger charge is 2.23. The molecular weight excluding hydrogens is 206 g/mol. The summed E-state index contributed by atoms with van der Waals surface area (Å²) in [6, 6.07) is 6.96. The van der Waals surface area contributed by atoms with Gasteiger partial charge in [-0.05, 0) is 25.0 Å². The van der Waals surface area contributed by atoms with Gasteiger partial charge in [-0.3, -0.25) is 4.79 Å². The number of rotatable bonds is 3. The van der Waals surface area contributed by atoms with E-state index in [0.717, 1.165) is 12.8 Å². The molecule has 0 bridgehead atoms. The monoisotopic (exact) mass is 219 g/mol. The fourth-order valence-electron chi connectivity index (χ4n) is 1.35. The summed E-state index contributed by atoms with van der Waals surface area (Å²) in [7, 11) is 0.